The Morgan fingerprint density at radius 1 is 1.12 bits per heavy atom. The Bertz CT molecular complexity index is 900. The van der Waals surface area contributed by atoms with E-state index >= 15 is 0 Å². The van der Waals surface area contributed by atoms with Crippen LogP contribution in [0.15, 0.2) is 47.6 Å². The zero-order valence-electron chi connectivity index (χ0n) is 18.8. The average Bonchev–Trinajstić information content (AvgIpc) is 2.96. The molecule has 0 unspecified atom stereocenters. The summed E-state index contributed by atoms with van der Waals surface area (Å²) in [6, 6.07) is 11.5. The van der Waals surface area contributed by atoms with Crippen molar-refractivity contribution >= 4 is 41.5 Å². The van der Waals surface area contributed by atoms with Crippen molar-refractivity contribution in [3.63, 3.8) is 0 Å². The molecule has 9 heteroatoms. The number of benzene rings is 1. The number of hydrogen-bond acceptors (Lipinski definition) is 5. The third-order valence-corrected chi connectivity index (χ3v) is 4.31. The number of fused-ring (bicyclic) bond motifs is 1. The van der Waals surface area contributed by atoms with Crippen molar-refractivity contribution in [3.05, 3.63) is 48.3 Å². The molecule has 1 amide bonds. The van der Waals surface area contributed by atoms with E-state index in [1.807, 2.05) is 57.2 Å². The molecule has 0 atom stereocenters. The van der Waals surface area contributed by atoms with Gasteiger partial charge in [-0.05, 0) is 45.0 Å². The quantitative estimate of drug-likeness (QED) is 0.289. The Kier molecular flexibility index (Phi) is 10.0. The molecular weight excluding hydrogens is 521 g/mol. The number of aliphatic imine (C=N–C) groups is 1. The summed E-state index contributed by atoms with van der Waals surface area (Å²) < 4.78 is 11.5. The molecule has 0 saturated heterocycles. The molecule has 1 aliphatic rings. The lowest BCUT2D eigenvalue weighted by Gasteiger charge is -2.20. The van der Waals surface area contributed by atoms with Crippen molar-refractivity contribution in [1.82, 2.24) is 15.6 Å². The lowest BCUT2D eigenvalue weighted by Crippen LogP contribution is -2.42. The second-order valence-electron chi connectivity index (χ2n) is 8.30. The molecule has 1 aromatic heterocycles. The van der Waals surface area contributed by atoms with Gasteiger partial charge in [-0.3, -0.25) is 9.78 Å². The molecule has 0 aliphatic carbocycles. The maximum Gasteiger partial charge on any atom is 0.242 e. The van der Waals surface area contributed by atoms with Gasteiger partial charge in [0.05, 0.1) is 13.2 Å². The van der Waals surface area contributed by atoms with E-state index in [9.17, 15) is 4.79 Å². The maximum atomic E-state index is 12.2. The minimum absolute atomic E-state index is 0. The highest BCUT2D eigenvalue weighted by molar-refractivity contribution is 14.0. The maximum absolute atomic E-state index is 12.2. The fraction of sp³-hybridized carbons (Fsp3) is 0.435. The fourth-order valence-electron chi connectivity index (χ4n) is 2.98. The highest BCUT2D eigenvalue weighted by atomic mass is 127. The van der Waals surface area contributed by atoms with Crippen molar-refractivity contribution in [1.29, 1.82) is 0 Å². The molecule has 0 spiro atoms. The molecule has 3 N–H and O–H groups in total. The van der Waals surface area contributed by atoms with Crippen molar-refractivity contribution in [3.8, 4) is 11.5 Å². The van der Waals surface area contributed by atoms with Gasteiger partial charge in [0.15, 0.2) is 17.5 Å². The number of ether oxygens (including phenoxy) is 2. The number of aromatic nitrogens is 1. The lowest BCUT2D eigenvalue weighted by atomic mass is 10.1. The lowest BCUT2D eigenvalue weighted by molar-refractivity contribution is -0.121. The largest absolute Gasteiger partial charge is 0.490 e. The van der Waals surface area contributed by atoms with Crippen LogP contribution in [0.25, 0.3) is 0 Å². The number of guanidine groups is 1. The van der Waals surface area contributed by atoms with Gasteiger partial charge in [0, 0.05) is 48.6 Å². The molecule has 2 aromatic rings. The van der Waals surface area contributed by atoms with Gasteiger partial charge in [0.2, 0.25) is 5.91 Å². The van der Waals surface area contributed by atoms with Gasteiger partial charge in [0.25, 0.3) is 0 Å². The minimum atomic E-state index is -0.305. The van der Waals surface area contributed by atoms with Crippen LogP contribution in [0.2, 0.25) is 0 Å². The molecule has 174 valence electrons. The predicted molar refractivity (Wildman–Crippen MR) is 137 cm³/mol. The van der Waals surface area contributed by atoms with Crippen molar-refractivity contribution < 1.29 is 14.3 Å². The third-order valence-electron chi connectivity index (χ3n) is 4.31. The Morgan fingerprint density at radius 2 is 1.91 bits per heavy atom. The van der Waals surface area contributed by atoms with E-state index in [2.05, 4.69) is 25.9 Å². The number of halogens is 1. The number of carbonyl (C=O) groups is 1. The van der Waals surface area contributed by atoms with Gasteiger partial charge in [-0.15, -0.1) is 24.0 Å². The highest BCUT2D eigenvalue weighted by Crippen LogP contribution is 2.32. The van der Waals surface area contributed by atoms with Gasteiger partial charge in [-0.25, -0.2) is 4.99 Å². The number of rotatable bonds is 6. The van der Waals surface area contributed by atoms with E-state index in [0.29, 0.717) is 31.5 Å². The first-order valence-electron chi connectivity index (χ1n) is 10.5. The molecule has 0 fully saturated rings. The van der Waals surface area contributed by atoms with Gasteiger partial charge >= 0.3 is 0 Å². The van der Waals surface area contributed by atoms with Crippen LogP contribution in [-0.2, 0) is 11.2 Å². The van der Waals surface area contributed by atoms with Crippen LogP contribution in [0, 0.1) is 0 Å². The monoisotopic (exact) mass is 553 g/mol. The Balaban J connectivity index is 0.00000363. The number of pyridine rings is 1. The van der Waals surface area contributed by atoms with Crippen molar-refractivity contribution in [2.45, 2.75) is 39.2 Å². The van der Waals surface area contributed by atoms with Crippen LogP contribution in [0.3, 0.4) is 0 Å². The number of anilines is 1. The van der Waals surface area contributed by atoms with E-state index in [4.69, 9.17) is 9.47 Å². The van der Waals surface area contributed by atoms with Crippen LogP contribution in [0.1, 0.15) is 32.9 Å². The van der Waals surface area contributed by atoms with Crippen molar-refractivity contribution in [2.24, 2.45) is 4.99 Å². The van der Waals surface area contributed by atoms with E-state index in [1.54, 1.807) is 6.20 Å². The first kappa shape index (κ1) is 25.7. The first-order valence-corrected chi connectivity index (χ1v) is 10.5. The molecule has 0 bridgehead atoms. The summed E-state index contributed by atoms with van der Waals surface area (Å²) in [6.07, 6.45) is 3.36. The smallest absolute Gasteiger partial charge is 0.242 e. The predicted octanol–water partition coefficient (Wildman–Crippen LogP) is 3.38. The minimum Gasteiger partial charge on any atom is -0.490 e. The number of amides is 1. The third kappa shape index (κ3) is 8.89. The second kappa shape index (κ2) is 12.5. The van der Waals surface area contributed by atoms with E-state index in [1.165, 1.54) is 0 Å². The van der Waals surface area contributed by atoms with Crippen LogP contribution in [0.5, 0.6) is 11.5 Å². The summed E-state index contributed by atoms with van der Waals surface area (Å²) in [4.78, 5) is 21.0. The zero-order chi connectivity index (χ0) is 22.1. The topological polar surface area (TPSA) is 96.9 Å². The molecular formula is C23H32IN5O3. The molecule has 1 aromatic carbocycles. The number of carbonyl (C=O) groups excluding carboxylic acids is 1. The molecule has 2 heterocycles. The Labute approximate surface area is 206 Å². The van der Waals surface area contributed by atoms with Gasteiger partial charge in [-0.1, -0.05) is 6.07 Å². The summed E-state index contributed by atoms with van der Waals surface area (Å²) in [6.45, 7) is 7.72. The molecule has 0 saturated carbocycles. The van der Waals surface area contributed by atoms with E-state index in [0.717, 1.165) is 30.0 Å². The van der Waals surface area contributed by atoms with Crippen LogP contribution >= 0.6 is 24.0 Å². The molecule has 32 heavy (non-hydrogen) atoms. The first-order chi connectivity index (χ1) is 14.9. The van der Waals surface area contributed by atoms with Crippen molar-refractivity contribution in [2.75, 3.05) is 31.6 Å². The Morgan fingerprint density at radius 3 is 2.62 bits per heavy atom. The summed E-state index contributed by atoms with van der Waals surface area (Å²) in [5.41, 5.74) is 1.47. The van der Waals surface area contributed by atoms with Crippen LogP contribution in [0.4, 0.5) is 5.69 Å². The molecule has 8 nitrogen and oxygen atoms in total. The van der Waals surface area contributed by atoms with Crippen LogP contribution < -0.4 is 25.4 Å². The Hall–Kier alpha value is -2.56. The molecule has 0 radical (unpaired) electrons. The standard InChI is InChI=1S/C23H31N5O3.HI/c1-23(2,3)28-21(29)16-26-22(25-12-10-17-7-4-5-11-24-17)27-18-8-9-19-20(15-18)31-14-6-13-30-19;/h4-5,7-9,11,15H,6,10,12-14,16H2,1-3H3,(H,28,29)(H2,25,26,27);1H. The van der Waals surface area contributed by atoms with E-state index < -0.39 is 0 Å². The summed E-state index contributed by atoms with van der Waals surface area (Å²) >= 11 is 0. The summed E-state index contributed by atoms with van der Waals surface area (Å²) in [5.74, 6) is 1.79. The number of hydrogen-bond donors (Lipinski definition) is 3. The van der Waals surface area contributed by atoms with Gasteiger partial charge in [-0.2, -0.15) is 0 Å². The highest BCUT2D eigenvalue weighted by Gasteiger charge is 2.14. The van der Waals surface area contributed by atoms with E-state index in [-0.39, 0.29) is 42.0 Å². The molecule has 1 aliphatic heterocycles. The van der Waals surface area contributed by atoms with Gasteiger partial charge < -0.3 is 25.4 Å². The SMILES string of the molecule is CC(C)(C)NC(=O)CN=C(NCCc1ccccn1)Nc1ccc2c(c1)OCCCO2.I. The number of nitrogens with one attached hydrogen (secondary N) is 3. The normalized spacial score (nSPS) is 13.4. The zero-order valence-corrected chi connectivity index (χ0v) is 21.1. The van der Waals surface area contributed by atoms with Gasteiger partial charge in [0.1, 0.15) is 6.54 Å². The summed E-state index contributed by atoms with van der Waals surface area (Å²) in [5, 5.41) is 9.45. The molecule has 3 rings (SSSR count). The second-order valence-corrected chi connectivity index (χ2v) is 8.30. The number of nitrogens with zero attached hydrogens (tertiary/aromatic N) is 2. The van der Waals surface area contributed by atoms with Crippen LogP contribution in [-0.4, -0.2) is 48.7 Å². The summed E-state index contributed by atoms with van der Waals surface area (Å²) in [7, 11) is 0. The average molecular weight is 553 g/mol. The fourth-order valence-corrected chi connectivity index (χ4v) is 2.98.